The van der Waals surface area contributed by atoms with Crippen LogP contribution in [0.1, 0.15) is 12.0 Å². The van der Waals surface area contributed by atoms with Crippen LogP contribution in [0.15, 0.2) is 29.2 Å². The van der Waals surface area contributed by atoms with Gasteiger partial charge in [-0.1, -0.05) is 17.7 Å². The van der Waals surface area contributed by atoms with E-state index in [2.05, 4.69) is 4.90 Å². The minimum Gasteiger partial charge on any atom is -0.395 e. The van der Waals surface area contributed by atoms with Crippen LogP contribution < -0.4 is 0 Å². The van der Waals surface area contributed by atoms with Crippen LogP contribution in [0.2, 0.25) is 0 Å². The Hall–Kier alpha value is -0.950. The zero-order valence-electron chi connectivity index (χ0n) is 11.6. The lowest BCUT2D eigenvalue weighted by molar-refractivity contribution is 0.145. The molecule has 20 heavy (non-hydrogen) atoms. The minimum atomic E-state index is -3.38. The average molecular weight is 296 g/mol. The van der Waals surface area contributed by atoms with Crippen molar-refractivity contribution in [2.45, 2.75) is 30.3 Å². The summed E-state index contributed by atoms with van der Waals surface area (Å²) in [6.45, 7) is 3.99. The maximum atomic E-state index is 12.7. The van der Waals surface area contributed by atoms with Crippen molar-refractivity contribution in [3.8, 4) is 0 Å². The highest BCUT2D eigenvalue weighted by Crippen LogP contribution is 2.34. The number of piperazine rings is 1. The fraction of sp³-hybridized carbons (Fsp3) is 0.571. The Kier molecular flexibility index (Phi) is 3.58. The molecule has 2 bridgehead atoms. The van der Waals surface area contributed by atoms with Gasteiger partial charge in [0.05, 0.1) is 11.5 Å². The van der Waals surface area contributed by atoms with Crippen LogP contribution in [0.3, 0.4) is 0 Å². The van der Waals surface area contributed by atoms with Gasteiger partial charge in [0.15, 0.2) is 0 Å². The first-order valence-corrected chi connectivity index (χ1v) is 8.40. The van der Waals surface area contributed by atoms with Crippen molar-refractivity contribution >= 4 is 10.0 Å². The Bertz CT molecular complexity index is 585. The van der Waals surface area contributed by atoms with Crippen molar-refractivity contribution in [1.29, 1.82) is 0 Å². The SMILES string of the molecule is Cc1ccc(S(=O)(=O)N2C[C@@H]3C[C@H]2CN3CCO)cc1. The van der Waals surface area contributed by atoms with Crippen molar-refractivity contribution in [3.05, 3.63) is 29.8 Å². The van der Waals surface area contributed by atoms with E-state index in [0.29, 0.717) is 18.0 Å². The second-order valence-corrected chi connectivity index (χ2v) is 7.54. The molecule has 0 amide bonds. The first-order valence-electron chi connectivity index (χ1n) is 6.96. The molecule has 6 heteroatoms. The molecular weight excluding hydrogens is 276 g/mol. The van der Waals surface area contributed by atoms with E-state index < -0.39 is 10.0 Å². The van der Waals surface area contributed by atoms with Gasteiger partial charge in [-0.2, -0.15) is 4.31 Å². The number of fused-ring (bicyclic) bond motifs is 2. The standard InChI is InChI=1S/C14H20N2O3S/c1-11-2-4-14(5-3-11)20(18,19)16-10-12-8-13(16)9-15(12)6-7-17/h2-5,12-13,17H,6-10H2,1H3/t12-,13-/m0/s1. The maximum Gasteiger partial charge on any atom is 0.243 e. The van der Waals surface area contributed by atoms with Crippen LogP contribution in [0, 0.1) is 6.92 Å². The largest absolute Gasteiger partial charge is 0.395 e. The summed E-state index contributed by atoms with van der Waals surface area (Å²) in [6, 6.07) is 7.34. The molecule has 2 aliphatic heterocycles. The smallest absolute Gasteiger partial charge is 0.243 e. The monoisotopic (exact) mass is 296 g/mol. The van der Waals surface area contributed by atoms with E-state index in [-0.39, 0.29) is 18.7 Å². The number of β-amino-alcohol motifs (C(OH)–C–C–N with tert-alkyl or cyclic N) is 1. The molecule has 1 aromatic carbocycles. The zero-order valence-corrected chi connectivity index (χ0v) is 12.4. The van der Waals surface area contributed by atoms with Gasteiger partial charge in [-0.3, -0.25) is 4.90 Å². The van der Waals surface area contributed by atoms with Gasteiger partial charge in [-0.25, -0.2) is 8.42 Å². The van der Waals surface area contributed by atoms with Gasteiger partial charge < -0.3 is 5.11 Å². The first kappa shape index (κ1) is 14.0. The van der Waals surface area contributed by atoms with E-state index in [9.17, 15) is 8.42 Å². The quantitative estimate of drug-likeness (QED) is 0.875. The third-order valence-electron chi connectivity index (χ3n) is 4.32. The number of sulfonamides is 1. The summed E-state index contributed by atoms with van der Waals surface area (Å²) in [5, 5.41) is 9.01. The van der Waals surface area contributed by atoms with Crippen molar-refractivity contribution in [2.24, 2.45) is 0 Å². The van der Waals surface area contributed by atoms with E-state index in [0.717, 1.165) is 18.5 Å². The van der Waals surface area contributed by atoms with Crippen molar-refractivity contribution in [2.75, 3.05) is 26.2 Å². The number of hydrogen-bond acceptors (Lipinski definition) is 4. The number of nitrogens with zero attached hydrogens (tertiary/aromatic N) is 2. The Labute approximate surface area is 119 Å². The van der Waals surface area contributed by atoms with Gasteiger partial charge >= 0.3 is 0 Å². The molecule has 0 aromatic heterocycles. The number of benzene rings is 1. The number of hydrogen-bond donors (Lipinski definition) is 1. The van der Waals surface area contributed by atoms with Gasteiger partial charge in [-0.05, 0) is 25.5 Å². The zero-order chi connectivity index (χ0) is 14.3. The Balaban J connectivity index is 1.80. The van der Waals surface area contributed by atoms with Gasteiger partial charge in [0, 0.05) is 31.7 Å². The van der Waals surface area contributed by atoms with E-state index in [1.54, 1.807) is 16.4 Å². The van der Waals surface area contributed by atoms with Crippen molar-refractivity contribution in [3.63, 3.8) is 0 Å². The molecule has 2 saturated heterocycles. The van der Waals surface area contributed by atoms with Gasteiger partial charge in [0.2, 0.25) is 10.0 Å². The molecule has 3 rings (SSSR count). The fourth-order valence-electron chi connectivity index (χ4n) is 3.26. The summed E-state index contributed by atoms with van der Waals surface area (Å²) in [6.07, 6.45) is 0.880. The van der Waals surface area contributed by atoms with Crippen LogP contribution >= 0.6 is 0 Å². The van der Waals surface area contributed by atoms with Gasteiger partial charge in [0.25, 0.3) is 0 Å². The Morgan fingerprint density at radius 1 is 1.20 bits per heavy atom. The summed E-state index contributed by atoms with van der Waals surface area (Å²) < 4.78 is 27.0. The van der Waals surface area contributed by atoms with Gasteiger partial charge in [0.1, 0.15) is 0 Å². The van der Waals surface area contributed by atoms with E-state index in [1.807, 2.05) is 19.1 Å². The number of aryl methyl sites for hydroxylation is 1. The Morgan fingerprint density at radius 3 is 2.45 bits per heavy atom. The lowest BCUT2D eigenvalue weighted by Crippen LogP contribution is -2.49. The minimum absolute atomic E-state index is 0.0536. The van der Waals surface area contributed by atoms with E-state index >= 15 is 0 Å². The molecule has 0 aliphatic carbocycles. The second kappa shape index (κ2) is 5.11. The maximum absolute atomic E-state index is 12.7. The van der Waals surface area contributed by atoms with E-state index in [4.69, 9.17) is 5.11 Å². The third-order valence-corrected chi connectivity index (χ3v) is 6.25. The number of aliphatic hydroxyl groups is 1. The predicted octanol–water partition coefficient (Wildman–Crippen LogP) is 0.435. The summed E-state index contributed by atoms with van der Waals surface area (Å²) in [4.78, 5) is 2.57. The molecule has 5 nitrogen and oxygen atoms in total. The highest BCUT2D eigenvalue weighted by atomic mass is 32.2. The first-order chi connectivity index (χ1) is 9.52. The number of rotatable bonds is 4. The summed E-state index contributed by atoms with van der Waals surface area (Å²) >= 11 is 0. The lowest BCUT2D eigenvalue weighted by atomic mass is 10.2. The number of likely N-dealkylation sites (tertiary alicyclic amines) is 1. The van der Waals surface area contributed by atoms with Crippen LogP contribution in [0.25, 0.3) is 0 Å². The lowest BCUT2D eigenvalue weighted by Gasteiger charge is -2.33. The molecule has 0 spiro atoms. The molecule has 2 aliphatic rings. The molecule has 110 valence electrons. The topological polar surface area (TPSA) is 60.9 Å². The summed E-state index contributed by atoms with van der Waals surface area (Å²) in [5.41, 5.74) is 1.06. The molecular formula is C14H20N2O3S. The Morgan fingerprint density at radius 2 is 1.90 bits per heavy atom. The predicted molar refractivity (Wildman–Crippen MR) is 75.9 cm³/mol. The van der Waals surface area contributed by atoms with Crippen LogP contribution in [-0.4, -0.2) is 61.1 Å². The highest BCUT2D eigenvalue weighted by Gasteiger charge is 2.47. The van der Waals surface area contributed by atoms with Crippen LogP contribution in [0.4, 0.5) is 0 Å². The molecule has 2 heterocycles. The molecule has 0 unspecified atom stereocenters. The number of aliphatic hydroxyl groups excluding tert-OH is 1. The molecule has 2 fully saturated rings. The van der Waals surface area contributed by atoms with Crippen LogP contribution in [-0.2, 0) is 10.0 Å². The van der Waals surface area contributed by atoms with Crippen molar-refractivity contribution < 1.29 is 13.5 Å². The molecule has 1 N–H and O–H groups in total. The summed E-state index contributed by atoms with van der Waals surface area (Å²) in [7, 11) is -3.38. The average Bonchev–Trinajstić information content (AvgIpc) is 2.99. The molecule has 1 aromatic rings. The molecule has 0 radical (unpaired) electrons. The fourth-order valence-corrected chi connectivity index (χ4v) is 4.92. The normalized spacial score (nSPS) is 27.3. The highest BCUT2D eigenvalue weighted by molar-refractivity contribution is 7.89. The van der Waals surface area contributed by atoms with Gasteiger partial charge in [-0.15, -0.1) is 0 Å². The molecule has 2 atom stereocenters. The molecule has 0 saturated carbocycles. The summed E-state index contributed by atoms with van der Waals surface area (Å²) in [5.74, 6) is 0. The second-order valence-electron chi connectivity index (χ2n) is 5.65. The van der Waals surface area contributed by atoms with E-state index in [1.165, 1.54) is 0 Å². The van der Waals surface area contributed by atoms with Crippen LogP contribution in [0.5, 0.6) is 0 Å². The van der Waals surface area contributed by atoms with Crippen molar-refractivity contribution in [1.82, 2.24) is 9.21 Å². The third kappa shape index (κ3) is 2.26.